The number of aliphatic imine (C=N–C) groups is 1. The van der Waals surface area contributed by atoms with E-state index in [1.165, 1.54) is 12.0 Å². The van der Waals surface area contributed by atoms with Gasteiger partial charge in [0.2, 0.25) is 0 Å². The average molecular weight is 335 g/mol. The van der Waals surface area contributed by atoms with E-state index in [0.717, 1.165) is 32.0 Å². The van der Waals surface area contributed by atoms with E-state index in [2.05, 4.69) is 59.3 Å². The molecule has 0 saturated carbocycles. The van der Waals surface area contributed by atoms with Gasteiger partial charge in [-0.3, -0.25) is 9.67 Å². The second-order valence-corrected chi connectivity index (χ2v) is 7.55. The summed E-state index contributed by atoms with van der Waals surface area (Å²) in [4.78, 5) is 9.19. The van der Waals surface area contributed by atoms with Crippen LogP contribution in [-0.2, 0) is 7.05 Å². The molecule has 0 aromatic carbocycles. The maximum Gasteiger partial charge on any atom is 0.193 e. The molecule has 0 spiro atoms. The minimum absolute atomic E-state index is 0.526. The van der Waals surface area contributed by atoms with E-state index >= 15 is 0 Å². The predicted octanol–water partition coefficient (Wildman–Crippen LogP) is 1.76. The van der Waals surface area contributed by atoms with E-state index in [-0.39, 0.29) is 0 Å². The highest BCUT2D eigenvalue weighted by Crippen LogP contribution is 2.26. The average Bonchev–Trinajstić information content (AvgIpc) is 3.15. The molecule has 2 rings (SSSR count). The molecule has 1 aliphatic rings. The summed E-state index contributed by atoms with van der Waals surface area (Å²) in [6.45, 7) is 7.57. The second-order valence-electron chi connectivity index (χ2n) is 7.55. The molecule has 1 aromatic heterocycles. The fourth-order valence-corrected chi connectivity index (χ4v) is 3.44. The van der Waals surface area contributed by atoms with Gasteiger partial charge in [0.15, 0.2) is 5.96 Å². The van der Waals surface area contributed by atoms with Crippen LogP contribution < -0.4 is 5.32 Å². The first-order valence-electron chi connectivity index (χ1n) is 9.01. The molecule has 1 aromatic rings. The highest BCUT2D eigenvalue weighted by molar-refractivity contribution is 5.80. The quantitative estimate of drug-likeness (QED) is 0.636. The Labute approximate surface area is 146 Å². The third kappa shape index (κ3) is 4.97. The molecule has 0 radical (unpaired) electrons. The van der Waals surface area contributed by atoms with Crippen molar-refractivity contribution in [2.75, 3.05) is 40.8 Å². The van der Waals surface area contributed by atoms with E-state index in [1.807, 2.05) is 25.0 Å². The molecule has 24 heavy (non-hydrogen) atoms. The largest absolute Gasteiger partial charge is 0.355 e. The molecule has 136 valence electrons. The summed E-state index contributed by atoms with van der Waals surface area (Å²) in [6.07, 6.45) is 6.48. The Hall–Kier alpha value is -1.56. The van der Waals surface area contributed by atoms with Gasteiger partial charge in [0, 0.05) is 51.9 Å². The summed E-state index contributed by atoms with van der Waals surface area (Å²) in [6, 6.07) is 0.526. The maximum absolute atomic E-state index is 4.51. The van der Waals surface area contributed by atoms with Gasteiger partial charge >= 0.3 is 0 Å². The van der Waals surface area contributed by atoms with Crippen molar-refractivity contribution < 1.29 is 0 Å². The molecule has 1 fully saturated rings. The molecule has 1 saturated heterocycles. The van der Waals surface area contributed by atoms with E-state index in [9.17, 15) is 0 Å². The van der Waals surface area contributed by atoms with Crippen LogP contribution in [0.15, 0.2) is 17.4 Å². The lowest BCUT2D eigenvalue weighted by Gasteiger charge is -2.29. The van der Waals surface area contributed by atoms with Crippen molar-refractivity contribution in [1.82, 2.24) is 24.9 Å². The van der Waals surface area contributed by atoms with Crippen molar-refractivity contribution in [3.8, 4) is 0 Å². The monoisotopic (exact) mass is 334 g/mol. The Morgan fingerprint density at radius 3 is 2.75 bits per heavy atom. The number of rotatable bonds is 6. The molecular weight excluding hydrogens is 300 g/mol. The zero-order valence-corrected chi connectivity index (χ0v) is 16.2. The summed E-state index contributed by atoms with van der Waals surface area (Å²) >= 11 is 0. The fraction of sp³-hybridized carbons (Fsp3) is 0.778. The lowest BCUT2D eigenvalue weighted by molar-refractivity contribution is 0.252. The molecule has 1 aliphatic heterocycles. The van der Waals surface area contributed by atoms with Crippen LogP contribution in [0, 0.1) is 5.92 Å². The van der Waals surface area contributed by atoms with E-state index in [4.69, 9.17) is 0 Å². The summed E-state index contributed by atoms with van der Waals surface area (Å²) in [5.41, 5.74) is 1.33. The van der Waals surface area contributed by atoms with Crippen molar-refractivity contribution in [2.45, 2.75) is 38.6 Å². The minimum atomic E-state index is 0.526. The lowest BCUT2D eigenvalue weighted by atomic mass is 10.0. The van der Waals surface area contributed by atoms with Crippen LogP contribution in [0.2, 0.25) is 0 Å². The van der Waals surface area contributed by atoms with Gasteiger partial charge in [0.05, 0.1) is 6.20 Å². The first-order chi connectivity index (χ1) is 11.4. The van der Waals surface area contributed by atoms with Crippen molar-refractivity contribution in [3.05, 3.63) is 18.0 Å². The van der Waals surface area contributed by atoms with Crippen LogP contribution in [0.25, 0.3) is 0 Å². The molecule has 6 heteroatoms. The van der Waals surface area contributed by atoms with Gasteiger partial charge in [0.1, 0.15) is 0 Å². The molecule has 1 N–H and O–H groups in total. The Kier molecular flexibility index (Phi) is 6.66. The van der Waals surface area contributed by atoms with Crippen LogP contribution in [-0.4, -0.2) is 72.4 Å². The molecule has 2 unspecified atom stereocenters. The number of likely N-dealkylation sites (N-methyl/N-ethyl adjacent to an activating group) is 1. The van der Waals surface area contributed by atoms with Crippen molar-refractivity contribution in [3.63, 3.8) is 0 Å². The van der Waals surface area contributed by atoms with Gasteiger partial charge in [-0.2, -0.15) is 5.10 Å². The summed E-state index contributed by atoms with van der Waals surface area (Å²) in [7, 11) is 8.18. The third-order valence-electron chi connectivity index (χ3n) is 4.87. The highest BCUT2D eigenvalue weighted by Gasteiger charge is 2.27. The number of aromatic nitrogens is 2. The van der Waals surface area contributed by atoms with E-state index < -0.39 is 0 Å². The lowest BCUT2D eigenvalue weighted by Crippen LogP contribution is -2.46. The highest BCUT2D eigenvalue weighted by atomic mass is 15.3. The normalized spacial score (nSPS) is 20.2. The summed E-state index contributed by atoms with van der Waals surface area (Å²) in [5, 5.41) is 7.89. The van der Waals surface area contributed by atoms with Gasteiger partial charge in [-0.15, -0.1) is 0 Å². The minimum Gasteiger partial charge on any atom is -0.355 e. The van der Waals surface area contributed by atoms with Crippen molar-refractivity contribution >= 4 is 5.96 Å². The summed E-state index contributed by atoms with van der Waals surface area (Å²) < 4.78 is 1.89. The number of nitrogens with one attached hydrogen (secondary N) is 1. The van der Waals surface area contributed by atoms with Crippen LogP contribution in [0.3, 0.4) is 0 Å². The number of hydrogen-bond acceptors (Lipinski definition) is 3. The van der Waals surface area contributed by atoms with Crippen molar-refractivity contribution in [1.29, 1.82) is 0 Å². The van der Waals surface area contributed by atoms with Gasteiger partial charge in [-0.1, -0.05) is 13.8 Å². The molecular formula is C18H34N6. The molecule has 0 bridgehead atoms. The zero-order chi connectivity index (χ0) is 17.7. The van der Waals surface area contributed by atoms with Crippen molar-refractivity contribution in [2.24, 2.45) is 18.0 Å². The van der Waals surface area contributed by atoms with Gasteiger partial charge < -0.3 is 15.1 Å². The van der Waals surface area contributed by atoms with Gasteiger partial charge in [0.25, 0.3) is 0 Å². The fourth-order valence-electron chi connectivity index (χ4n) is 3.44. The smallest absolute Gasteiger partial charge is 0.193 e. The second kappa shape index (κ2) is 8.51. The van der Waals surface area contributed by atoms with Crippen LogP contribution in [0.4, 0.5) is 0 Å². The number of aryl methyl sites for hydroxylation is 1. The summed E-state index contributed by atoms with van der Waals surface area (Å²) in [5.74, 6) is 2.28. The van der Waals surface area contributed by atoms with Gasteiger partial charge in [-0.05, 0) is 38.4 Å². The topological polar surface area (TPSA) is 48.7 Å². The van der Waals surface area contributed by atoms with Gasteiger partial charge in [-0.25, -0.2) is 0 Å². The van der Waals surface area contributed by atoms with Crippen LogP contribution in [0.5, 0.6) is 0 Å². The number of likely N-dealkylation sites (tertiary alicyclic amines) is 1. The Bertz CT molecular complexity index is 533. The molecule has 0 aliphatic carbocycles. The van der Waals surface area contributed by atoms with Crippen LogP contribution in [0.1, 0.15) is 38.2 Å². The van der Waals surface area contributed by atoms with E-state index in [1.54, 1.807) is 0 Å². The Morgan fingerprint density at radius 1 is 1.46 bits per heavy atom. The zero-order valence-electron chi connectivity index (χ0n) is 16.2. The first-order valence-corrected chi connectivity index (χ1v) is 9.01. The predicted molar refractivity (Wildman–Crippen MR) is 100 cm³/mol. The number of guanidine groups is 1. The maximum atomic E-state index is 4.51. The molecule has 6 nitrogen and oxygen atoms in total. The molecule has 2 atom stereocenters. The molecule has 2 heterocycles. The Morgan fingerprint density at radius 2 is 2.21 bits per heavy atom. The number of nitrogens with zero attached hydrogens (tertiary/aromatic N) is 5. The number of hydrogen-bond donors (Lipinski definition) is 1. The Balaban J connectivity index is 1.90. The van der Waals surface area contributed by atoms with E-state index in [0.29, 0.717) is 17.9 Å². The third-order valence-corrected chi connectivity index (χ3v) is 4.87. The first kappa shape index (κ1) is 18.8. The standard InChI is InChI=1S/C18H34N6/c1-14(2)9-17(22(4)5)11-20-18(19-3)24-8-7-15(13-24)16-10-21-23(6)12-16/h10,12,14-15,17H,7-9,11,13H2,1-6H3,(H,19,20). The SMILES string of the molecule is CN=C(NCC(CC(C)C)N(C)C)N1CCC(c2cnn(C)c2)C1. The van der Waals surface area contributed by atoms with Crippen LogP contribution >= 0.6 is 0 Å². The molecule has 0 amide bonds.